The number of rotatable bonds is 4. The second-order valence-electron chi connectivity index (χ2n) is 4.14. The number of nitrogens with two attached hydrogens (primary N) is 2. The lowest BCUT2D eigenvalue weighted by atomic mass is 10.1. The van der Waals surface area contributed by atoms with Gasteiger partial charge in [-0.15, -0.1) is 0 Å². The van der Waals surface area contributed by atoms with Crippen molar-refractivity contribution in [3.8, 4) is 5.75 Å². The second kappa shape index (κ2) is 5.83. The highest BCUT2D eigenvalue weighted by Gasteiger charge is 2.10. The molecule has 2 aromatic rings. The van der Waals surface area contributed by atoms with Crippen LogP contribution < -0.4 is 21.5 Å². The SMILES string of the molecule is COc1cc(Nc2ccc(N)cc2C(N)=O)ccc1Br. The van der Waals surface area contributed by atoms with Crippen LogP contribution >= 0.6 is 15.9 Å². The first kappa shape index (κ1) is 14.2. The molecule has 20 heavy (non-hydrogen) atoms. The van der Waals surface area contributed by atoms with E-state index in [9.17, 15) is 4.79 Å². The molecule has 104 valence electrons. The molecule has 0 saturated carbocycles. The lowest BCUT2D eigenvalue weighted by molar-refractivity contribution is 0.100. The minimum absolute atomic E-state index is 0.340. The number of anilines is 3. The molecule has 5 N–H and O–H groups in total. The molecule has 0 fully saturated rings. The van der Waals surface area contributed by atoms with E-state index in [1.165, 1.54) is 0 Å². The van der Waals surface area contributed by atoms with E-state index in [1.807, 2.05) is 18.2 Å². The summed E-state index contributed by atoms with van der Waals surface area (Å²) in [6.45, 7) is 0. The number of amides is 1. The highest BCUT2D eigenvalue weighted by molar-refractivity contribution is 9.10. The molecule has 0 aliphatic heterocycles. The first-order valence-corrected chi connectivity index (χ1v) is 6.60. The smallest absolute Gasteiger partial charge is 0.250 e. The molecule has 0 aliphatic carbocycles. The normalized spacial score (nSPS) is 10.1. The van der Waals surface area contributed by atoms with Crippen molar-refractivity contribution in [2.24, 2.45) is 5.73 Å². The summed E-state index contributed by atoms with van der Waals surface area (Å²) in [6, 6.07) is 10.5. The number of methoxy groups -OCH3 is 1. The van der Waals surface area contributed by atoms with Crippen LogP contribution in [0, 0.1) is 0 Å². The average molecular weight is 336 g/mol. The Kier molecular flexibility index (Phi) is 4.14. The minimum Gasteiger partial charge on any atom is -0.495 e. The molecule has 2 aromatic carbocycles. The number of nitrogen functional groups attached to an aromatic ring is 1. The molecule has 1 amide bonds. The van der Waals surface area contributed by atoms with Gasteiger partial charge in [0, 0.05) is 17.4 Å². The summed E-state index contributed by atoms with van der Waals surface area (Å²) in [5.41, 5.74) is 13.2. The van der Waals surface area contributed by atoms with Gasteiger partial charge in [-0.25, -0.2) is 0 Å². The highest BCUT2D eigenvalue weighted by Crippen LogP contribution is 2.30. The van der Waals surface area contributed by atoms with Gasteiger partial charge < -0.3 is 21.5 Å². The Balaban J connectivity index is 2.37. The Morgan fingerprint density at radius 1 is 1.25 bits per heavy atom. The van der Waals surface area contributed by atoms with Gasteiger partial charge in [-0.2, -0.15) is 0 Å². The monoisotopic (exact) mass is 335 g/mol. The molecule has 6 heteroatoms. The summed E-state index contributed by atoms with van der Waals surface area (Å²) in [7, 11) is 1.59. The summed E-state index contributed by atoms with van der Waals surface area (Å²) in [4.78, 5) is 11.4. The predicted octanol–water partition coefficient (Wildman–Crippen LogP) is 2.88. The van der Waals surface area contributed by atoms with Crippen LogP contribution in [0.5, 0.6) is 5.75 Å². The first-order chi connectivity index (χ1) is 9.51. The van der Waals surface area contributed by atoms with Gasteiger partial charge in [-0.3, -0.25) is 4.79 Å². The fraction of sp³-hybridized carbons (Fsp3) is 0.0714. The van der Waals surface area contributed by atoms with Crippen LogP contribution in [0.25, 0.3) is 0 Å². The van der Waals surface area contributed by atoms with E-state index in [0.717, 1.165) is 10.2 Å². The third-order valence-electron chi connectivity index (χ3n) is 2.74. The molecule has 0 aromatic heterocycles. The number of hydrogen-bond acceptors (Lipinski definition) is 4. The Hall–Kier alpha value is -2.21. The Morgan fingerprint density at radius 3 is 2.65 bits per heavy atom. The van der Waals surface area contributed by atoms with E-state index >= 15 is 0 Å². The number of ether oxygens (including phenoxy) is 1. The van der Waals surface area contributed by atoms with Crippen molar-refractivity contribution >= 4 is 38.9 Å². The van der Waals surface area contributed by atoms with Gasteiger partial charge in [0.1, 0.15) is 5.75 Å². The van der Waals surface area contributed by atoms with Crippen molar-refractivity contribution < 1.29 is 9.53 Å². The van der Waals surface area contributed by atoms with Gasteiger partial charge in [0.2, 0.25) is 0 Å². The number of halogens is 1. The maximum atomic E-state index is 11.4. The largest absolute Gasteiger partial charge is 0.495 e. The van der Waals surface area contributed by atoms with Crippen LogP contribution in [0.4, 0.5) is 17.1 Å². The topological polar surface area (TPSA) is 90.4 Å². The zero-order chi connectivity index (χ0) is 14.7. The maximum Gasteiger partial charge on any atom is 0.250 e. The molecule has 5 nitrogen and oxygen atoms in total. The summed E-state index contributed by atoms with van der Waals surface area (Å²) in [5, 5.41) is 3.13. The zero-order valence-electron chi connectivity index (χ0n) is 10.8. The van der Waals surface area contributed by atoms with Gasteiger partial charge in [-0.05, 0) is 46.3 Å². The molecule has 2 rings (SSSR count). The number of hydrogen-bond donors (Lipinski definition) is 3. The van der Waals surface area contributed by atoms with Crippen LogP contribution in [-0.2, 0) is 0 Å². The van der Waals surface area contributed by atoms with Gasteiger partial charge in [0.25, 0.3) is 5.91 Å². The Labute approximate surface area is 125 Å². The van der Waals surface area contributed by atoms with Gasteiger partial charge in [-0.1, -0.05) is 0 Å². The van der Waals surface area contributed by atoms with Crippen LogP contribution in [0.2, 0.25) is 0 Å². The van der Waals surface area contributed by atoms with E-state index in [-0.39, 0.29) is 0 Å². The van der Waals surface area contributed by atoms with Crippen molar-refractivity contribution in [3.63, 3.8) is 0 Å². The summed E-state index contributed by atoms with van der Waals surface area (Å²) < 4.78 is 6.07. The van der Waals surface area contributed by atoms with Crippen molar-refractivity contribution in [3.05, 3.63) is 46.4 Å². The van der Waals surface area contributed by atoms with Crippen molar-refractivity contribution in [1.82, 2.24) is 0 Å². The standard InChI is InChI=1S/C14H14BrN3O2/c1-20-13-7-9(3-4-11(13)15)18-12-5-2-8(16)6-10(12)14(17)19/h2-7,18H,16H2,1H3,(H2,17,19). The fourth-order valence-corrected chi connectivity index (χ4v) is 2.18. The summed E-state index contributed by atoms with van der Waals surface area (Å²) in [5.74, 6) is 0.148. The molecule has 0 atom stereocenters. The maximum absolute atomic E-state index is 11.4. The molecule has 0 unspecified atom stereocenters. The molecule has 0 radical (unpaired) electrons. The lowest BCUT2D eigenvalue weighted by Crippen LogP contribution is -2.13. The van der Waals surface area contributed by atoms with Gasteiger partial charge in [0.05, 0.1) is 22.8 Å². The van der Waals surface area contributed by atoms with E-state index in [1.54, 1.807) is 25.3 Å². The minimum atomic E-state index is -0.538. The third kappa shape index (κ3) is 3.03. The Morgan fingerprint density at radius 2 is 2.00 bits per heavy atom. The highest BCUT2D eigenvalue weighted by atomic mass is 79.9. The molecule has 0 bridgehead atoms. The molecule has 0 heterocycles. The number of carbonyl (C=O) groups is 1. The van der Waals surface area contributed by atoms with Crippen molar-refractivity contribution in [1.29, 1.82) is 0 Å². The van der Waals surface area contributed by atoms with E-state index in [0.29, 0.717) is 22.7 Å². The van der Waals surface area contributed by atoms with Crippen molar-refractivity contribution in [2.75, 3.05) is 18.2 Å². The first-order valence-electron chi connectivity index (χ1n) is 5.81. The predicted molar refractivity (Wildman–Crippen MR) is 83.3 cm³/mol. The number of carbonyl (C=O) groups excluding carboxylic acids is 1. The van der Waals surface area contributed by atoms with Gasteiger partial charge >= 0.3 is 0 Å². The second-order valence-corrected chi connectivity index (χ2v) is 5.00. The zero-order valence-corrected chi connectivity index (χ0v) is 12.4. The number of nitrogens with one attached hydrogen (secondary N) is 1. The average Bonchev–Trinajstić information content (AvgIpc) is 2.42. The summed E-state index contributed by atoms with van der Waals surface area (Å²) >= 11 is 3.38. The molecular weight excluding hydrogens is 322 g/mol. The fourth-order valence-electron chi connectivity index (χ4n) is 1.77. The lowest BCUT2D eigenvalue weighted by Gasteiger charge is -2.12. The molecule has 0 saturated heterocycles. The quantitative estimate of drug-likeness (QED) is 0.749. The van der Waals surface area contributed by atoms with E-state index in [4.69, 9.17) is 16.2 Å². The van der Waals surface area contributed by atoms with E-state index in [2.05, 4.69) is 21.2 Å². The van der Waals surface area contributed by atoms with Crippen LogP contribution in [0.15, 0.2) is 40.9 Å². The molecule has 0 spiro atoms. The van der Waals surface area contributed by atoms with E-state index < -0.39 is 5.91 Å². The number of benzene rings is 2. The Bertz CT molecular complexity index is 659. The van der Waals surface area contributed by atoms with Crippen LogP contribution in [0.1, 0.15) is 10.4 Å². The van der Waals surface area contributed by atoms with Crippen molar-refractivity contribution in [2.45, 2.75) is 0 Å². The van der Waals surface area contributed by atoms with Crippen LogP contribution in [0.3, 0.4) is 0 Å². The van der Waals surface area contributed by atoms with Gasteiger partial charge in [0.15, 0.2) is 0 Å². The molecule has 0 aliphatic rings. The third-order valence-corrected chi connectivity index (χ3v) is 3.39. The van der Waals surface area contributed by atoms with Crippen LogP contribution in [-0.4, -0.2) is 13.0 Å². The number of primary amides is 1. The molecular formula is C14H14BrN3O2. The summed E-state index contributed by atoms with van der Waals surface area (Å²) in [6.07, 6.45) is 0.